The van der Waals surface area contributed by atoms with Crippen molar-refractivity contribution in [2.45, 2.75) is 84.0 Å². The molecule has 184 valence electrons. The Kier molecular flexibility index (Phi) is 15.5. The summed E-state index contributed by atoms with van der Waals surface area (Å²) >= 11 is 0. The SMILES string of the molecule is CCCCNC(=O)CCCCCCCCCCCNC(=O)c1cc(B(O)O)cc(B(O)O)c1. The van der Waals surface area contributed by atoms with Crippen LogP contribution in [0.3, 0.4) is 0 Å². The fourth-order valence-electron chi connectivity index (χ4n) is 3.55. The molecule has 0 aliphatic heterocycles. The summed E-state index contributed by atoms with van der Waals surface area (Å²) in [5, 5.41) is 43.0. The van der Waals surface area contributed by atoms with Gasteiger partial charge in [-0.15, -0.1) is 0 Å². The van der Waals surface area contributed by atoms with Gasteiger partial charge in [-0.3, -0.25) is 9.59 Å². The van der Waals surface area contributed by atoms with Crippen LogP contribution in [0.25, 0.3) is 0 Å². The predicted octanol–water partition coefficient (Wildman–Crippen LogP) is 0.593. The molecule has 8 nitrogen and oxygen atoms in total. The molecule has 0 spiro atoms. The molecule has 1 aromatic rings. The topological polar surface area (TPSA) is 139 Å². The van der Waals surface area contributed by atoms with Crippen molar-refractivity contribution in [3.8, 4) is 0 Å². The molecule has 33 heavy (non-hydrogen) atoms. The molecule has 0 heterocycles. The van der Waals surface area contributed by atoms with E-state index in [0.29, 0.717) is 13.0 Å². The number of benzene rings is 1. The van der Waals surface area contributed by atoms with Gasteiger partial charge in [-0.2, -0.15) is 0 Å². The summed E-state index contributed by atoms with van der Waals surface area (Å²) in [5.41, 5.74) is 0.212. The average Bonchev–Trinajstić information content (AvgIpc) is 2.79. The molecule has 0 radical (unpaired) electrons. The van der Waals surface area contributed by atoms with Crippen molar-refractivity contribution in [1.29, 1.82) is 0 Å². The van der Waals surface area contributed by atoms with Gasteiger partial charge in [0.1, 0.15) is 0 Å². The van der Waals surface area contributed by atoms with E-state index in [1.54, 1.807) is 0 Å². The molecule has 0 aliphatic carbocycles. The molecule has 0 bridgehead atoms. The quantitative estimate of drug-likeness (QED) is 0.140. The summed E-state index contributed by atoms with van der Waals surface area (Å²) in [6.45, 7) is 3.40. The highest BCUT2D eigenvalue weighted by Crippen LogP contribution is 2.10. The first kappa shape index (κ1) is 29.2. The van der Waals surface area contributed by atoms with Gasteiger partial charge < -0.3 is 30.7 Å². The monoisotopic (exact) mass is 462 g/mol. The lowest BCUT2D eigenvalue weighted by molar-refractivity contribution is -0.121. The molecule has 0 saturated carbocycles. The van der Waals surface area contributed by atoms with Crippen LogP contribution in [0.1, 0.15) is 94.3 Å². The van der Waals surface area contributed by atoms with Gasteiger partial charge in [0.25, 0.3) is 5.91 Å². The third-order valence-corrected chi connectivity index (χ3v) is 5.55. The van der Waals surface area contributed by atoms with Crippen LogP contribution >= 0.6 is 0 Å². The standard InChI is InChI=1S/C23H40B2N2O6/c1-2-3-14-26-22(28)13-11-9-7-5-4-6-8-10-12-15-27-23(29)19-16-20(24(30)31)18-21(17-19)25(32)33/h16-18,30-33H,2-15H2,1H3,(H,26,28)(H,27,29). The second kappa shape index (κ2) is 17.6. The van der Waals surface area contributed by atoms with E-state index in [1.165, 1.54) is 31.0 Å². The summed E-state index contributed by atoms with van der Waals surface area (Å²) in [4.78, 5) is 23.9. The maximum Gasteiger partial charge on any atom is 0.488 e. The van der Waals surface area contributed by atoms with Gasteiger partial charge in [-0.05, 0) is 42.3 Å². The van der Waals surface area contributed by atoms with Crippen LogP contribution in [0.5, 0.6) is 0 Å². The van der Waals surface area contributed by atoms with Crippen molar-refractivity contribution in [3.05, 3.63) is 23.8 Å². The van der Waals surface area contributed by atoms with Gasteiger partial charge in [-0.25, -0.2) is 0 Å². The second-order valence-corrected chi connectivity index (χ2v) is 8.53. The van der Waals surface area contributed by atoms with E-state index in [0.717, 1.165) is 64.3 Å². The fraction of sp³-hybridized carbons (Fsp3) is 0.652. The van der Waals surface area contributed by atoms with E-state index in [-0.39, 0.29) is 22.4 Å². The molecule has 2 amide bonds. The Hall–Kier alpha value is -1.87. The number of amides is 2. The Morgan fingerprint density at radius 1 is 0.697 bits per heavy atom. The first-order valence-corrected chi connectivity index (χ1v) is 12.3. The molecule has 0 unspecified atom stereocenters. The summed E-state index contributed by atoms with van der Waals surface area (Å²) in [6, 6.07) is 3.88. The van der Waals surface area contributed by atoms with Gasteiger partial charge in [0.15, 0.2) is 0 Å². The van der Waals surface area contributed by atoms with Crippen molar-refractivity contribution in [1.82, 2.24) is 10.6 Å². The molecule has 6 N–H and O–H groups in total. The van der Waals surface area contributed by atoms with Crippen molar-refractivity contribution >= 4 is 37.0 Å². The smallest absolute Gasteiger partial charge is 0.423 e. The highest BCUT2D eigenvalue weighted by Gasteiger charge is 2.20. The number of carbonyl (C=O) groups excluding carboxylic acids is 2. The van der Waals surface area contributed by atoms with Gasteiger partial charge in [0.05, 0.1) is 0 Å². The van der Waals surface area contributed by atoms with Crippen LogP contribution in [0.2, 0.25) is 0 Å². The van der Waals surface area contributed by atoms with Crippen LogP contribution in [0.4, 0.5) is 0 Å². The summed E-state index contributed by atoms with van der Waals surface area (Å²) < 4.78 is 0. The van der Waals surface area contributed by atoms with Crippen LogP contribution in [-0.2, 0) is 4.79 Å². The maximum absolute atomic E-state index is 12.3. The Balaban J connectivity index is 2.08. The van der Waals surface area contributed by atoms with Crippen molar-refractivity contribution in [3.63, 3.8) is 0 Å². The molecule has 0 fully saturated rings. The number of unbranched alkanes of at least 4 members (excludes halogenated alkanes) is 9. The number of hydrogen-bond donors (Lipinski definition) is 6. The molecule has 0 aromatic heterocycles. The third kappa shape index (κ3) is 13.4. The van der Waals surface area contributed by atoms with E-state index >= 15 is 0 Å². The predicted molar refractivity (Wildman–Crippen MR) is 133 cm³/mol. The molecule has 1 rings (SSSR count). The van der Waals surface area contributed by atoms with E-state index in [2.05, 4.69) is 17.6 Å². The highest BCUT2D eigenvalue weighted by molar-refractivity contribution is 6.62. The molecule has 1 aromatic carbocycles. The maximum atomic E-state index is 12.3. The Morgan fingerprint density at radius 2 is 1.18 bits per heavy atom. The number of hydrogen-bond acceptors (Lipinski definition) is 6. The highest BCUT2D eigenvalue weighted by atomic mass is 16.4. The Bertz CT molecular complexity index is 677. The fourth-order valence-corrected chi connectivity index (χ4v) is 3.55. The normalized spacial score (nSPS) is 10.7. The Labute approximate surface area is 198 Å². The van der Waals surface area contributed by atoms with Crippen LogP contribution in [0, 0.1) is 0 Å². The first-order valence-electron chi connectivity index (χ1n) is 12.3. The van der Waals surface area contributed by atoms with Crippen molar-refractivity contribution in [2.75, 3.05) is 13.1 Å². The number of nitrogens with one attached hydrogen (secondary N) is 2. The van der Waals surface area contributed by atoms with E-state index in [4.69, 9.17) is 0 Å². The van der Waals surface area contributed by atoms with E-state index in [9.17, 15) is 29.7 Å². The minimum absolute atomic E-state index is 0.0287. The van der Waals surface area contributed by atoms with Crippen LogP contribution < -0.4 is 21.6 Å². The zero-order chi connectivity index (χ0) is 24.5. The minimum atomic E-state index is -1.80. The lowest BCUT2D eigenvalue weighted by atomic mass is 9.72. The number of carbonyl (C=O) groups is 2. The van der Waals surface area contributed by atoms with E-state index in [1.807, 2.05) is 0 Å². The first-order chi connectivity index (χ1) is 15.8. The lowest BCUT2D eigenvalue weighted by Gasteiger charge is -2.10. The molecule has 0 atom stereocenters. The molecule has 10 heteroatoms. The number of rotatable bonds is 18. The van der Waals surface area contributed by atoms with Crippen molar-refractivity contribution in [2.24, 2.45) is 0 Å². The third-order valence-electron chi connectivity index (χ3n) is 5.55. The van der Waals surface area contributed by atoms with Gasteiger partial charge >= 0.3 is 14.2 Å². The molecule has 0 saturated heterocycles. The summed E-state index contributed by atoms with van der Waals surface area (Å²) in [5.74, 6) is -0.223. The van der Waals surface area contributed by atoms with Crippen LogP contribution in [0.15, 0.2) is 18.2 Å². The second-order valence-electron chi connectivity index (χ2n) is 8.53. The molecular weight excluding hydrogens is 422 g/mol. The van der Waals surface area contributed by atoms with Crippen molar-refractivity contribution < 1.29 is 29.7 Å². The zero-order valence-corrected chi connectivity index (χ0v) is 19.9. The molecule has 0 aliphatic rings. The molecular formula is C23H40B2N2O6. The van der Waals surface area contributed by atoms with Gasteiger partial charge in [-0.1, -0.05) is 64.4 Å². The van der Waals surface area contributed by atoms with E-state index < -0.39 is 20.1 Å². The van der Waals surface area contributed by atoms with Gasteiger partial charge in [0.2, 0.25) is 5.91 Å². The minimum Gasteiger partial charge on any atom is -0.423 e. The summed E-state index contributed by atoms with van der Waals surface area (Å²) in [7, 11) is -3.60. The van der Waals surface area contributed by atoms with Gasteiger partial charge in [0, 0.05) is 25.1 Å². The van der Waals surface area contributed by atoms with Crippen LogP contribution in [-0.4, -0.2) is 59.2 Å². The largest absolute Gasteiger partial charge is 0.488 e. The zero-order valence-electron chi connectivity index (χ0n) is 19.9. The average molecular weight is 462 g/mol. The lowest BCUT2D eigenvalue weighted by Crippen LogP contribution is -2.40. The summed E-state index contributed by atoms with van der Waals surface area (Å²) in [6.07, 6.45) is 12.4. The Morgan fingerprint density at radius 3 is 1.70 bits per heavy atom.